The molecule has 0 aromatic carbocycles. The van der Waals surface area contributed by atoms with Gasteiger partial charge in [-0.15, -0.1) is 0 Å². The van der Waals surface area contributed by atoms with Crippen molar-refractivity contribution in [1.29, 1.82) is 0 Å². The molecule has 0 aromatic rings. The lowest BCUT2D eigenvalue weighted by atomic mass is 9.96. The van der Waals surface area contributed by atoms with E-state index < -0.39 is 0 Å². The van der Waals surface area contributed by atoms with Gasteiger partial charge in [-0.3, -0.25) is 14.5 Å². The lowest BCUT2D eigenvalue weighted by molar-refractivity contribution is -0.140. The normalized spacial score (nSPS) is 33.6. The van der Waals surface area contributed by atoms with Crippen molar-refractivity contribution in [3.05, 3.63) is 0 Å². The fourth-order valence-corrected chi connectivity index (χ4v) is 2.71. The number of hydrogen-bond acceptors (Lipinski definition) is 4. The molecule has 5 nitrogen and oxygen atoms in total. The molecule has 2 amide bonds. The zero-order chi connectivity index (χ0) is 13.3. The Labute approximate surface area is 108 Å². The average Bonchev–Trinajstić information content (AvgIpc) is 2.57. The number of carbonyl (C=O) groups excluding carboxylic acids is 2. The van der Waals surface area contributed by atoms with Crippen molar-refractivity contribution in [3.63, 3.8) is 0 Å². The van der Waals surface area contributed by atoms with Gasteiger partial charge in [0.25, 0.3) is 0 Å². The first-order valence-electron chi connectivity index (χ1n) is 6.70. The number of amides is 2. The van der Waals surface area contributed by atoms with Gasteiger partial charge in [-0.05, 0) is 26.2 Å². The maximum absolute atomic E-state index is 12.1. The van der Waals surface area contributed by atoms with Crippen LogP contribution in [0.2, 0.25) is 0 Å². The first-order valence-corrected chi connectivity index (χ1v) is 6.70. The molecule has 102 valence electrons. The van der Waals surface area contributed by atoms with E-state index in [0.717, 1.165) is 19.6 Å². The van der Waals surface area contributed by atoms with Gasteiger partial charge in [0, 0.05) is 18.7 Å². The summed E-state index contributed by atoms with van der Waals surface area (Å²) in [6.45, 7) is 7.30. The lowest BCUT2D eigenvalue weighted by Crippen LogP contribution is -2.49. The number of rotatable bonds is 3. The van der Waals surface area contributed by atoms with Crippen molar-refractivity contribution in [2.75, 3.05) is 13.2 Å². The summed E-state index contributed by atoms with van der Waals surface area (Å²) in [6.07, 6.45) is 1.20. The maximum atomic E-state index is 12.1. The molecule has 2 rings (SSSR count). The molecular formula is C13H22N2O3. The van der Waals surface area contributed by atoms with Gasteiger partial charge < -0.3 is 10.1 Å². The van der Waals surface area contributed by atoms with Crippen LogP contribution in [0.1, 0.15) is 33.6 Å². The minimum absolute atomic E-state index is 0.0519. The summed E-state index contributed by atoms with van der Waals surface area (Å²) in [4.78, 5) is 25.3. The molecule has 2 heterocycles. The van der Waals surface area contributed by atoms with Gasteiger partial charge in [-0.1, -0.05) is 6.92 Å². The van der Waals surface area contributed by atoms with Gasteiger partial charge in [0.2, 0.25) is 11.8 Å². The first kappa shape index (κ1) is 13.5. The van der Waals surface area contributed by atoms with E-state index in [1.54, 1.807) is 0 Å². The van der Waals surface area contributed by atoms with E-state index in [0.29, 0.717) is 12.3 Å². The second kappa shape index (κ2) is 5.36. The van der Waals surface area contributed by atoms with Gasteiger partial charge >= 0.3 is 0 Å². The van der Waals surface area contributed by atoms with Crippen molar-refractivity contribution in [1.82, 2.24) is 10.2 Å². The molecule has 18 heavy (non-hydrogen) atoms. The Hall–Kier alpha value is -0.940. The van der Waals surface area contributed by atoms with E-state index in [2.05, 4.69) is 12.2 Å². The second-order valence-electron chi connectivity index (χ2n) is 5.57. The summed E-state index contributed by atoms with van der Waals surface area (Å²) < 4.78 is 5.38. The van der Waals surface area contributed by atoms with Crippen LogP contribution in [0.3, 0.4) is 0 Å². The topological polar surface area (TPSA) is 58.6 Å². The Morgan fingerprint density at radius 1 is 1.39 bits per heavy atom. The summed E-state index contributed by atoms with van der Waals surface area (Å²) in [5, 5.41) is 3.34. The Morgan fingerprint density at radius 3 is 2.67 bits per heavy atom. The van der Waals surface area contributed by atoms with Crippen LogP contribution in [0.5, 0.6) is 0 Å². The van der Waals surface area contributed by atoms with Crippen molar-refractivity contribution >= 4 is 11.8 Å². The Kier molecular flexibility index (Phi) is 4.02. The number of imide groups is 1. The zero-order valence-electron chi connectivity index (χ0n) is 11.3. The zero-order valence-corrected chi connectivity index (χ0v) is 11.3. The quantitative estimate of drug-likeness (QED) is 0.747. The fourth-order valence-electron chi connectivity index (χ4n) is 2.71. The molecule has 0 aliphatic carbocycles. The van der Waals surface area contributed by atoms with Crippen molar-refractivity contribution in [2.24, 2.45) is 5.92 Å². The molecule has 5 heteroatoms. The number of nitrogens with zero attached hydrogens (tertiary/aromatic N) is 1. The van der Waals surface area contributed by atoms with E-state index in [9.17, 15) is 9.59 Å². The number of likely N-dealkylation sites (tertiary alicyclic amines) is 1. The first-order chi connectivity index (χ1) is 8.50. The highest BCUT2D eigenvalue weighted by Crippen LogP contribution is 2.20. The van der Waals surface area contributed by atoms with E-state index in [-0.39, 0.29) is 29.9 Å². The molecule has 0 aromatic heterocycles. The minimum Gasteiger partial charge on any atom is -0.381 e. The van der Waals surface area contributed by atoms with Gasteiger partial charge in [0.15, 0.2) is 0 Å². The van der Waals surface area contributed by atoms with Crippen LogP contribution in [-0.4, -0.2) is 48.1 Å². The minimum atomic E-state index is -0.342. The highest BCUT2D eigenvalue weighted by Gasteiger charge is 2.41. The Balaban J connectivity index is 1.98. The van der Waals surface area contributed by atoms with Crippen LogP contribution < -0.4 is 5.32 Å². The third-order valence-electron chi connectivity index (χ3n) is 3.76. The fraction of sp³-hybridized carbons (Fsp3) is 0.846. The molecule has 2 aliphatic heterocycles. The van der Waals surface area contributed by atoms with Crippen LogP contribution in [0.15, 0.2) is 0 Å². The van der Waals surface area contributed by atoms with Gasteiger partial charge in [-0.2, -0.15) is 0 Å². The van der Waals surface area contributed by atoms with Crippen LogP contribution in [0.4, 0.5) is 0 Å². The summed E-state index contributed by atoms with van der Waals surface area (Å²) in [5.41, 5.74) is 0. The SMILES string of the molecule is CC1COCCC1NC1CC(=O)N(C(C)C)C1=O. The number of hydrogen-bond donors (Lipinski definition) is 1. The van der Waals surface area contributed by atoms with Crippen LogP contribution in [0.25, 0.3) is 0 Å². The summed E-state index contributed by atoms with van der Waals surface area (Å²) in [6, 6.07) is -0.123. The number of ether oxygens (including phenoxy) is 1. The Morgan fingerprint density at radius 2 is 2.11 bits per heavy atom. The second-order valence-corrected chi connectivity index (χ2v) is 5.57. The predicted molar refractivity (Wildman–Crippen MR) is 66.9 cm³/mol. The van der Waals surface area contributed by atoms with Crippen LogP contribution in [0, 0.1) is 5.92 Å². The van der Waals surface area contributed by atoms with Gasteiger partial charge in [0.1, 0.15) is 0 Å². The molecule has 2 aliphatic rings. The number of nitrogens with one attached hydrogen (secondary N) is 1. The third kappa shape index (κ3) is 2.57. The van der Waals surface area contributed by atoms with Crippen molar-refractivity contribution in [3.8, 4) is 0 Å². The molecule has 3 unspecified atom stereocenters. The van der Waals surface area contributed by atoms with E-state index in [1.165, 1.54) is 4.90 Å². The highest BCUT2D eigenvalue weighted by atomic mass is 16.5. The summed E-state index contributed by atoms with van der Waals surface area (Å²) in [7, 11) is 0. The van der Waals surface area contributed by atoms with E-state index in [1.807, 2.05) is 13.8 Å². The molecule has 1 N–H and O–H groups in total. The summed E-state index contributed by atoms with van der Waals surface area (Å²) >= 11 is 0. The van der Waals surface area contributed by atoms with Crippen LogP contribution in [-0.2, 0) is 14.3 Å². The van der Waals surface area contributed by atoms with E-state index >= 15 is 0 Å². The lowest BCUT2D eigenvalue weighted by Gasteiger charge is -2.31. The largest absolute Gasteiger partial charge is 0.381 e. The molecule has 0 radical (unpaired) electrons. The molecular weight excluding hydrogens is 232 g/mol. The van der Waals surface area contributed by atoms with E-state index in [4.69, 9.17) is 4.74 Å². The molecule has 0 spiro atoms. The van der Waals surface area contributed by atoms with Crippen LogP contribution >= 0.6 is 0 Å². The molecule has 3 atom stereocenters. The standard InChI is InChI=1S/C13H22N2O3/c1-8(2)15-12(16)6-11(13(15)17)14-10-4-5-18-7-9(10)3/h8-11,14H,4-7H2,1-3H3. The third-order valence-corrected chi connectivity index (χ3v) is 3.76. The van der Waals surface area contributed by atoms with Crippen molar-refractivity contribution < 1.29 is 14.3 Å². The molecule has 0 saturated carbocycles. The Bertz CT molecular complexity index is 343. The monoisotopic (exact) mass is 254 g/mol. The number of carbonyl (C=O) groups is 2. The molecule has 2 saturated heterocycles. The summed E-state index contributed by atoms with van der Waals surface area (Å²) in [5.74, 6) is 0.246. The molecule has 2 fully saturated rings. The highest BCUT2D eigenvalue weighted by molar-refractivity contribution is 6.05. The average molecular weight is 254 g/mol. The molecule has 0 bridgehead atoms. The van der Waals surface area contributed by atoms with Gasteiger partial charge in [-0.25, -0.2) is 0 Å². The van der Waals surface area contributed by atoms with Gasteiger partial charge in [0.05, 0.1) is 19.1 Å². The van der Waals surface area contributed by atoms with Crippen molar-refractivity contribution in [2.45, 2.75) is 51.7 Å². The maximum Gasteiger partial charge on any atom is 0.247 e. The smallest absolute Gasteiger partial charge is 0.247 e. The predicted octanol–water partition coefficient (Wildman–Crippen LogP) is 0.537.